The van der Waals surface area contributed by atoms with Crippen LogP contribution in [0.15, 0.2) is 46.9 Å². The zero-order valence-electron chi connectivity index (χ0n) is 15.7. The standard InChI is InChI=1S/C22H22FNO4/c1-14-21(22(25)24-12-18-6-3-9-26-18)19-11-17(7-8-20(19)28-14)27-13-15-4-2-5-16(23)10-15/h2,4-5,7-8,10-11,18H,3,6,9,12-13H2,1H3,(H,24,25). The summed E-state index contributed by atoms with van der Waals surface area (Å²) in [6, 6.07) is 11.6. The van der Waals surface area contributed by atoms with Gasteiger partial charge in [0.1, 0.15) is 29.5 Å². The molecule has 1 unspecified atom stereocenters. The highest BCUT2D eigenvalue weighted by molar-refractivity contribution is 6.07. The molecule has 0 aliphatic carbocycles. The molecule has 4 rings (SSSR count). The molecule has 28 heavy (non-hydrogen) atoms. The molecular weight excluding hydrogens is 361 g/mol. The first-order chi connectivity index (χ1) is 13.6. The summed E-state index contributed by atoms with van der Waals surface area (Å²) in [5.74, 6) is 0.661. The van der Waals surface area contributed by atoms with Crippen LogP contribution in [0, 0.1) is 12.7 Å². The first-order valence-electron chi connectivity index (χ1n) is 9.40. The van der Waals surface area contributed by atoms with Gasteiger partial charge in [0.25, 0.3) is 5.91 Å². The van der Waals surface area contributed by atoms with Crippen LogP contribution < -0.4 is 10.1 Å². The lowest BCUT2D eigenvalue weighted by Crippen LogP contribution is -2.31. The monoisotopic (exact) mass is 383 g/mol. The van der Waals surface area contributed by atoms with Crippen molar-refractivity contribution < 1.29 is 23.1 Å². The molecule has 1 aliphatic rings. The third-order valence-corrected chi connectivity index (χ3v) is 4.87. The Kier molecular flexibility index (Phi) is 5.30. The Balaban J connectivity index is 1.51. The van der Waals surface area contributed by atoms with E-state index in [2.05, 4.69) is 5.32 Å². The van der Waals surface area contributed by atoms with Crippen molar-refractivity contribution in [2.24, 2.45) is 0 Å². The maximum atomic E-state index is 13.3. The van der Waals surface area contributed by atoms with Gasteiger partial charge >= 0.3 is 0 Å². The normalized spacial score (nSPS) is 16.4. The number of aryl methyl sites for hydroxylation is 1. The Morgan fingerprint density at radius 1 is 1.29 bits per heavy atom. The summed E-state index contributed by atoms with van der Waals surface area (Å²) in [4.78, 5) is 12.7. The first kappa shape index (κ1) is 18.5. The molecular formula is C22H22FNO4. The average molecular weight is 383 g/mol. The predicted octanol–water partition coefficient (Wildman–Crippen LogP) is 4.37. The Labute approximate surface area is 162 Å². The fourth-order valence-corrected chi connectivity index (χ4v) is 3.46. The molecule has 1 amide bonds. The summed E-state index contributed by atoms with van der Waals surface area (Å²) < 4.78 is 30.4. The van der Waals surface area contributed by atoms with E-state index in [1.165, 1.54) is 12.1 Å². The van der Waals surface area contributed by atoms with Crippen LogP contribution >= 0.6 is 0 Å². The van der Waals surface area contributed by atoms with Crippen molar-refractivity contribution in [1.29, 1.82) is 0 Å². The molecule has 1 aliphatic heterocycles. The smallest absolute Gasteiger partial charge is 0.255 e. The van der Waals surface area contributed by atoms with Crippen LogP contribution in [0.5, 0.6) is 5.75 Å². The molecule has 2 aromatic carbocycles. The molecule has 1 fully saturated rings. The van der Waals surface area contributed by atoms with Crippen molar-refractivity contribution in [3.8, 4) is 5.75 Å². The number of hydrogen-bond acceptors (Lipinski definition) is 4. The molecule has 1 aromatic heterocycles. The Bertz CT molecular complexity index is 991. The van der Waals surface area contributed by atoms with Crippen LogP contribution in [-0.4, -0.2) is 25.2 Å². The number of carbonyl (C=O) groups is 1. The predicted molar refractivity (Wildman–Crippen MR) is 103 cm³/mol. The van der Waals surface area contributed by atoms with Crippen LogP contribution in [0.25, 0.3) is 11.0 Å². The molecule has 5 nitrogen and oxygen atoms in total. The third kappa shape index (κ3) is 4.02. The molecule has 1 N–H and O–H groups in total. The zero-order chi connectivity index (χ0) is 19.5. The SMILES string of the molecule is Cc1oc2ccc(OCc3cccc(F)c3)cc2c1C(=O)NCC1CCCO1. The number of hydrogen-bond donors (Lipinski definition) is 1. The van der Waals surface area contributed by atoms with E-state index in [0.717, 1.165) is 25.0 Å². The van der Waals surface area contributed by atoms with Crippen LogP contribution in [-0.2, 0) is 11.3 Å². The molecule has 2 heterocycles. The van der Waals surface area contributed by atoms with Gasteiger partial charge in [-0.1, -0.05) is 12.1 Å². The number of carbonyl (C=O) groups excluding carboxylic acids is 1. The van der Waals surface area contributed by atoms with Gasteiger partial charge in [0.05, 0.1) is 11.7 Å². The molecule has 6 heteroatoms. The minimum absolute atomic E-state index is 0.0765. The van der Waals surface area contributed by atoms with Crippen molar-refractivity contribution in [1.82, 2.24) is 5.32 Å². The minimum atomic E-state index is -0.299. The quantitative estimate of drug-likeness (QED) is 0.687. The average Bonchev–Trinajstić information content (AvgIpc) is 3.31. The summed E-state index contributed by atoms with van der Waals surface area (Å²) in [6.07, 6.45) is 2.07. The summed E-state index contributed by atoms with van der Waals surface area (Å²) in [5.41, 5.74) is 1.86. The van der Waals surface area contributed by atoms with Crippen LogP contribution in [0.3, 0.4) is 0 Å². The maximum absolute atomic E-state index is 13.3. The molecule has 0 radical (unpaired) electrons. The van der Waals surface area contributed by atoms with Gasteiger partial charge in [-0.2, -0.15) is 0 Å². The summed E-state index contributed by atoms with van der Waals surface area (Å²) >= 11 is 0. The summed E-state index contributed by atoms with van der Waals surface area (Å²) in [7, 11) is 0. The first-order valence-corrected chi connectivity index (χ1v) is 9.40. The van der Waals surface area contributed by atoms with Gasteiger partial charge in [0, 0.05) is 18.5 Å². The van der Waals surface area contributed by atoms with Gasteiger partial charge in [-0.05, 0) is 55.7 Å². The van der Waals surface area contributed by atoms with E-state index >= 15 is 0 Å². The lowest BCUT2D eigenvalue weighted by atomic mass is 10.1. The molecule has 1 atom stereocenters. The zero-order valence-corrected chi connectivity index (χ0v) is 15.7. The lowest BCUT2D eigenvalue weighted by Gasteiger charge is -2.11. The van der Waals surface area contributed by atoms with Gasteiger partial charge in [0.2, 0.25) is 0 Å². The van der Waals surface area contributed by atoms with Crippen LogP contribution in [0.4, 0.5) is 4.39 Å². The molecule has 0 bridgehead atoms. The van der Waals surface area contributed by atoms with E-state index < -0.39 is 0 Å². The van der Waals surface area contributed by atoms with E-state index in [4.69, 9.17) is 13.9 Å². The Morgan fingerprint density at radius 2 is 2.18 bits per heavy atom. The second kappa shape index (κ2) is 8.02. The second-order valence-corrected chi connectivity index (χ2v) is 6.95. The molecule has 1 saturated heterocycles. The van der Waals surface area contributed by atoms with Crippen molar-refractivity contribution in [3.63, 3.8) is 0 Å². The van der Waals surface area contributed by atoms with Gasteiger partial charge in [-0.25, -0.2) is 4.39 Å². The number of amides is 1. The van der Waals surface area contributed by atoms with Crippen LogP contribution in [0.1, 0.15) is 34.5 Å². The molecule has 0 spiro atoms. The molecule has 0 saturated carbocycles. The van der Waals surface area contributed by atoms with E-state index in [1.54, 1.807) is 37.3 Å². The number of ether oxygens (including phenoxy) is 2. The van der Waals surface area contributed by atoms with Crippen LogP contribution in [0.2, 0.25) is 0 Å². The Hall–Kier alpha value is -2.86. The largest absolute Gasteiger partial charge is 0.489 e. The van der Waals surface area contributed by atoms with E-state index in [-0.39, 0.29) is 24.4 Å². The van der Waals surface area contributed by atoms with Gasteiger partial charge in [-0.3, -0.25) is 4.79 Å². The van der Waals surface area contributed by atoms with Gasteiger partial charge in [0.15, 0.2) is 0 Å². The van der Waals surface area contributed by atoms with Gasteiger partial charge < -0.3 is 19.2 Å². The highest BCUT2D eigenvalue weighted by Gasteiger charge is 2.21. The second-order valence-electron chi connectivity index (χ2n) is 6.95. The van der Waals surface area contributed by atoms with Crippen molar-refractivity contribution in [3.05, 3.63) is 65.2 Å². The molecule has 146 valence electrons. The highest BCUT2D eigenvalue weighted by Crippen LogP contribution is 2.29. The summed E-state index contributed by atoms with van der Waals surface area (Å²) in [6.45, 7) is 3.25. The minimum Gasteiger partial charge on any atom is -0.489 e. The van der Waals surface area contributed by atoms with Crippen molar-refractivity contribution in [2.75, 3.05) is 13.2 Å². The Morgan fingerprint density at radius 3 is 2.96 bits per heavy atom. The van der Waals surface area contributed by atoms with Crippen molar-refractivity contribution in [2.45, 2.75) is 32.5 Å². The lowest BCUT2D eigenvalue weighted by molar-refractivity contribution is 0.0857. The van der Waals surface area contributed by atoms with E-state index in [0.29, 0.717) is 34.6 Å². The van der Waals surface area contributed by atoms with Crippen molar-refractivity contribution >= 4 is 16.9 Å². The number of nitrogens with one attached hydrogen (secondary N) is 1. The van der Waals surface area contributed by atoms with E-state index in [1.807, 2.05) is 0 Å². The maximum Gasteiger partial charge on any atom is 0.255 e. The topological polar surface area (TPSA) is 60.7 Å². The fraction of sp³-hybridized carbons (Fsp3) is 0.318. The number of benzene rings is 2. The highest BCUT2D eigenvalue weighted by atomic mass is 19.1. The third-order valence-electron chi connectivity index (χ3n) is 4.87. The number of furan rings is 1. The number of halogens is 1. The molecule has 3 aromatic rings. The summed E-state index contributed by atoms with van der Waals surface area (Å²) in [5, 5.41) is 3.63. The van der Waals surface area contributed by atoms with E-state index in [9.17, 15) is 9.18 Å². The van der Waals surface area contributed by atoms with Gasteiger partial charge in [-0.15, -0.1) is 0 Å². The number of fused-ring (bicyclic) bond motifs is 1. The number of rotatable bonds is 6. The fourth-order valence-electron chi connectivity index (χ4n) is 3.46.